The van der Waals surface area contributed by atoms with Crippen LogP contribution in [0.25, 0.3) is 0 Å². The summed E-state index contributed by atoms with van der Waals surface area (Å²) in [5.74, 6) is -1.54. The maximum Gasteiger partial charge on any atom is 0.416 e. The smallest absolute Gasteiger partial charge is 0.416 e. The first-order valence-corrected chi connectivity index (χ1v) is 5.92. The zero-order chi connectivity index (χ0) is 16.0. The summed E-state index contributed by atoms with van der Waals surface area (Å²) in [5.41, 5.74) is 0.876. The molecule has 8 heteroatoms. The van der Waals surface area contributed by atoms with E-state index in [1.807, 2.05) is 0 Å². The van der Waals surface area contributed by atoms with Crippen LogP contribution in [0.5, 0.6) is 0 Å². The van der Waals surface area contributed by atoms with Crippen molar-refractivity contribution in [2.45, 2.75) is 19.5 Å². The topological polar surface area (TPSA) is 67.8 Å². The van der Waals surface area contributed by atoms with E-state index in [1.54, 1.807) is 0 Å². The van der Waals surface area contributed by atoms with E-state index in [4.69, 9.17) is 0 Å². The summed E-state index contributed by atoms with van der Waals surface area (Å²) in [4.78, 5) is 22.9. The number of nitrogens with one attached hydrogen (secondary N) is 1. The van der Waals surface area contributed by atoms with Gasteiger partial charge in [-0.1, -0.05) is 13.0 Å². The van der Waals surface area contributed by atoms with E-state index in [9.17, 15) is 22.8 Å². The molecule has 0 aliphatic heterocycles. The van der Waals surface area contributed by atoms with Crippen molar-refractivity contribution in [3.8, 4) is 0 Å². The second kappa shape index (κ2) is 6.87. The molecule has 0 aliphatic rings. The van der Waals surface area contributed by atoms with Crippen LogP contribution in [0.2, 0.25) is 0 Å². The lowest BCUT2D eigenvalue weighted by atomic mass is 10.2. The Kier molecular flexibility index (Phi) is 5.45. The van der Waals surface area contributed by atoms with Crippen LogP contribution >= 0.6 is 0 Å². The number of Topliss-reactive ketones (excluding diaryl/α,β-unsaturated/α-hetero) is 1. The van der Waals surface area contributed by atoms with Crippen LogP contribution in [-0.2, 0) is 20.5 Å². The predicted molar refractivity (Wildman–Crippen MR) is 69.8 cm³/mol. The van der Waals surface area contributed by atoms with Gasteiger partial charge in [0.25, 0.3) is 0 Å². The number of nitrogens with zero attached hydrogens (tertiary/aromatic N) is 1. The van der Waals surface area contributed by atoms with Gasteiger partial charge in [-0.15, -0.1) is 0 Å². The van der Waals surface area contributed by atoms with Gasteiger partial charge >= 0.3 is 12.1 Å². The molecule has 0 fully saturated rings. The molecule has 0 saturated carbocycles. The third-order valence-electron chi connectivity index (χ3n) is 2.45. The van der Waals surface area contributed by atoms with E-state index < -0.39 is 29.2 Å². The van der Waals surface area contributed by atoms with Crippen LogP contribution in [0, 0.1) is 0 Å². The Bertz CT molecular complexity index is 550. The van der Waals surface area contributed by atoms with Crippen molar-refractivity contribution in [1.29, 1.82) is 0 Å². The van der Waals surface area contributed by atoms with E-state index in [2.05, 4.69) is 15.3 Å². The third-order valence-corrected chi connectivity index (χ3v) is 2.45. The molecule has 0 aromatic heterocycles. The number of hydrazone groups is 1. The molecule has 1 aromatic carbocycles. The van der Waals surface area contributed by atoms with Crippen LogP contribution in [0.1, 0.15) is 18.9 Å². The fraction of sp³-hybridized carbons (Fsp3) is 0.308. The lowest BCUT2D eigenvalue weighted by molar-refractivity contribution is -0.137. The number of ether oxygens (including phenoxy) is 1. The first-order valence-electron chi connectivity index (χ1n) is 5.92. The number of ketones is 1. The van der Waals surface area contributed by atoms with Gasteiger partial charge in [-0.3, -0.25) is 10.2 Å². The molecule has 5 nitrogen and oxygen atoms in total. The Morgan fingerprint density at radius 1 is 1.33 bits per heavy atom. The molecule has 0 spiro atoms. The first-order chi connectivity index (χ1) is 9.79. The number of esters is 1. The number of carbonyl (C=O) groups is 2. The van der Waals surface area contributed by atoms with Gasteiger partial charge in [-0.05, 0) is 18.2 Å². The number of carbonyl (C=O) groups excluding carboxylic acids is 2. The van der Waals surface area contributed by atoms with Gasteiger partial charge in [-0.2, -0.15) is 18.3 Å². The summed E-state index contributed by atoms with van der Waals surface area (Å²) in [6, 6.07) is 4.21. The van der Waals surface area contributed by atoms with Gasteiger partial charge in [0, 0.05) is 6.42 Å². The number of rotatable bonds is 5. The van der Waals surface area contributed by atoms with Crippen molar-refractivity contribution in [3.63, 3.8) is 0 Å². The van der Waals surface area contributed by atoms with Crippen LogP contribution in [0.15, 0.2) is 29.4 Å². The Morgan fingerprint density at radius 3 is 2.52 bits per heavy atom. The molecule has 0 unspecified atom stereocenters. The van der Waals surface area contributed by atoms with Gasteiger partial charge in [0.2, 0.25) is 5.71 Å². The second-order valence-electron chi connectivity index (χ2n) is 3.92. The highest BCUT2D eigenvalue weighted by atomic mass is 19.4. The molecular weight excluding hydrogens is 289 g/mol. The molecule has 0 aliphatic carbocycles. The number of anilines is 1. The van der Waals surface area contributed by atoms with E-state index in [-0.39, 0.29) is 12.1 Å². The summed E-state index contributed by atoms with van der Waals surface area (Å²) in [7, 11) is 1.07. The summed E-state index contributed by atoms with van der Waals surface area (Å²) in [6.45, 7) is 1.52. The normalized spacial score (nSPS) is 12.0. The highest BCUT2D eigenvalue weighted by molar-refractivity contribution is 6.64. The summed E-state index contributed by atoms with van der Waals surface area (Å²) < 4.78 is 42.0. The van der Waals surface area contributed by atoms with E-state index in [1.165, 1.54) is 19.1 Å². The van der Waals surface area contributed by atoms with Crippen LogP contribution in [0.4, 0.5) is 18.9 Å². The monoisotopic (exact) mass is 302 g/mol. The number of hydrogen-bond donors (Lipinski definition) is 1. The molecule has 1 rings (SSSR count). The lowest BCUT2D eigenvalue weighted by Gasteiger charge is -2.08. The standard InChI is InChI=1S/C13H13F3N2O3/c1-3-10(19)11(12(20)21-2)18-17-9-6-4-5-8(7-9)13(14,15)16/h4-7,17H,3H2,1-2H3/b18-11+. The highest BCUT2D eigenvalue weighted by Gasteiger charge is 2.30. The van der Waals surface area contributed by atoms with E-state index in [0.717, 1.165) is 19.2 Å². The Balaban J connectivity index is 3.01. The minimum absolute atomic E-state index is 0.00451. The molecule has 0 amide bonds. The molecule has 1 N–H and O–H groups in total. The number of methoxy groups -OCH3 is 1. The summed E-state index contributed by atoms with van der Waals surface area (Å²) >= 11 is 0. The molecule has 114 valence electrons. The van der Waals surface area contributed by atoms with Gasteiger partial charge in [0.1, 0.15) is 0 Å². The molecule has 0 heterocycles. The zero-order valence-corrected chi connectivity index (χ0v) is 11.3. The Labute approximate surface area is 118 Å². The molecule has 21 heavy (non-hydrogen) atoms. The van der Waals surface area contributed by atoms with Crippen LogP contribution < -0.4 is 5.43 Å². The van der Waals surface area contributed by atoms with Gasteiger partial charge in [0.15, 0.2) is 5.78 Å². The summed E-state index contributed by atoms with van der Waals surface area (Å²) in [5, 5.41) is 3.53. The Morgan fingerprint density at radius 2 is 2.00 bits per heavy atom. The minimum Gasteiger partial charge on any atom is -0.464 e. The van der Waals surface area contributed by atoms with Crippen LogP contribution in [0.3, 0.4) is 0 Å². The van der Waals surface area contributed by atoms with Gasteiger partial charge in [-0.25, -0.2) is 4.79 Å². The molecule has 0 atom stereocenters. The van der Waals surface area contributed by atoms with Crippen molar-refractivity contribution in [3.05, 3.63) is 29.8 Å². The van der Waals surface area contributed by atoms with E-state index >= 15 is 0 Å². The molecule has 1 aromatic rings. The average molecular weight is 302 g/mol. The largest absolute Gasteiger partial charge is 0.464 e. The maximum atomic E-state index is 12.5. The first kappa shape index (κ1) is 16.7. The highest BCUT2D eigenvalue weighted by Crippen LogP contribution is 2.30. The third kappa shape index (κ3) is 4.59. The van der Waals surface area contributed by atoms with Crippen molar-refractivity contribution < 1.29 is 27.5 Å². The summed E-state index contributed by atoms with van der Waals surface area (Å²) in [6.07, 6.45) is -4.48. The number of alkyl halides is 3. The maximum absolute atomic E-state index is 12.5. The van der Waals surface area contributed by atoms with Crippen molar-refractivity contribution in [1.82, 2.24) is 0 Å². The number of halogens is 3. The van der Waals surface area contributed by atoms with Crippen molar-refractivity contribution >= 4 is 23.2 Å². The van der Waals surface area contributed by atoms with E-state index in [0.29, 0.717) is 0 Å². The fourth-order valence-corrected chi connectivity index (χ4v) is 1.37. The minimum atomic E-state index is -4.49. The number of hydrogen-bond acceptors (Lipinski definition) is 5. The van der Waals surface area contributed by atoms with Crippen LogP contribution in [-0.4, -0.2) is 24.6 Å². The zero-order valence-electron chi connectivity index (χ0n) is 11.3. The van der Waals surface area contributed by atoms with Crippen molar-refractivity contribution in [2.24, 2.45) is 5.10 Å². The molecule has 0 bridgehead atoms. The Hall–Kier alpha value is -2.38. The van der Waals surface area contributed by atoms with Gasteiger partial charge < -0.3 is 4.74 Å². The SMILES string of the molecule is CCC(=O)/C(=N\Nc1cccc(C(F)(F)F)c1)C(=O)OC. The van der Waals surface area contributed by atoms with Gasteiger partial charge in [0.05, 0.1) is 18.4 Å². The quantitative estimate of drug-likeness (QED) is 0.393. The second-order valence-corrected chi connectivity index (χ2v) is 3.92. The molecule has 0 saturated heterocycles. The lowest BCUT2D eigenvalue weighted by Crippen LogP contribution is -2.26. The molecule has 0 radical (unpaired) electrons. The predicted octanol–water partition coefficient (Wildman–Crippen LogP) is 2.63. The average Bonchev–Trinajstić information content (AvgIpc) is 2.46. The van der Waals surface area contributed by atoms with Crippen molar-refractivity contribution in [2.75, 3.05) is 12.5 Å². The molecular formula is C13H13F3N2O3. The fourth-order valence-electron chi connectivity index (χ4n) is 1.37. The number of benzene rings is 1.